The van der Waals surface area contributed by atoms with Crippen molar-refractivity contribution in [1.82, 2.24) is 4.98 Å². The summed E-state index contributed by atoms with van der Waals surface area (Å²) >= 11 is 9.38. The van der Waals surface area contributed by atoms with E-state index in [2.05, 4.69) is 34.8 Å². The van der Waals surface area contributed by atoms with E-state index in [-0.39, 0.29) is 6.61 Å². The van der Waals surface area contributed by atoms with E-state index >= 15 is 0 Å². The molecule has 2 aromatic rings. The van der Waals surface area contributed by atoms with Crippen molar-refractivity contribution >= 4 is 27.5 Å². The molecule has 0 amide bonds. The summed E-state index contributed by atoms with van der Waals surface area (Å²) in [6.07, 6.45) is 0. The lowest BCUT2D eigenvalue weighted by Crippen LogP contribution is -1.98. The van der Waals surface area contributed by atoms with E-state index in [1.54, 1.807) is 12.1 Å². The number of aliphatic hydroxyl groups excluding tert-OH is 1. The predicted molar refractivity (Wildman–Crippen MR) is 83.5 cm³/mol. The second kappa shape index (κ2) is 6.57. The van der Waals surface area contributed by atoms with Gasteiger partial charge in [-0.3, -0.25) is 0 Å². The van der Waals surface area contributed by atoms with Crippen LogP contribution in [-0.2, 0) is 6.61 Å². The van der Waals surface area contributed by atoms with Crippen LogP contribution in [0, 0.1) is 0 Å². The third kappa shape index (κ3) is 3.51. The highest BCUT2D eigenvalue weighted by atomic mass is 79.9. The van der Waals surface area contributed by atoms with Crippen molar-refractivity contribution in [2.45, 2.75) is 26.4 Å². The first-order chi connectivity index (χ1) is 9.51. The molecule has 0 atom stereocenters. The highest BCUT2D eigenvalue weighted by molar-refractivity contribution is 9.10. The van der Waals surface area contributed by atoms with Gasteiger partial charge < -0.3 is 9.84 Å². The molecule has 0 fully saturated rings. The molecule has 5 heteroatoms. The largest absolute Gasteiger partial charge is 0.439 e. The van der Waals surface area contributed by atoms with Gasteiger partial charge in [0, 0.05) is 10.5 Å². The fraction of sp³-hybridized carbons (Fsp3) is 0.267. The molecule has 0 aliphatic rings. The van der Waals surface area contributed by atoms with Crippen molar-refractivity contribution in [3.05, 3.63) is 51.1 Å². The number of hydrogen-bond acceptors (Lipinski definition) is 3. The van der Waals surface area contributed by atoms with Gasteiger partial charge in [0.05, 0.1) is 17.3 Å². The highest BCUT2D eigenvalue weighted by Crippen LogP contribution is 2.32. The number of nitrogens with zero attached hydrogens (tertiary/aromatic N) is 1. The smallest absolute Gasteiger partial charge is 0.219 e. The van der Waals surface area contributed by atoms with E-state index in [0.29, 0.717) is 22.5 Å². The SMILES string of the molecule is CC(C)c1cc(Br)ccc1Oc1ccc(Cl)c(CO)n1. The number of aliphatic hydroxyl groups is 1. The number of aromatic nitrogens is 1. The van der Waals surface area contributed by atoms with E-state index in [1.807, 2.05) is 18.2 Å². The number of pyridine rings is 1. The van der Waals surface area contributed by atoms with Crippen LogP contribution in [0.15, 0.2) is 34.8 Å². The van der Waals surface area contributed by atoms with Crippen LogP contribution in [0.2, 0.25) is 5.02 Å². The summed E-state index contributed by atoms with van der Waals surface area (Å²) in [7, 11) is 0. The van der Waals surface area contributed by atoms with Crippen molar-refractivity contribution in [2.75, 3.05) is 0 Å². The van der Waals surface area contributed by atoms with E-state index < -0.39 is 0 Å². The van der Waals surface area contributed by atoms with E-state index in [0.717, 1.165) is 15.8 Å². The van der Waals surface area contributed by atoms with Crippen LogP contribution < -0.4 is 4.74 Å². The Bertz CT molecular complexity index is 617. The number of benzene rings is 1. The molecule has 1 aromatic carbocycles. The first-order valence-electron chi connectivity index (χ1n) is 6.25. The highest BCUT2D eigenvalue weighted by Gasteiger charge is 2.11. The van der Waals surface area contributed by atoms with Gasteiger partial charge in [0.25, 0.3) is 0 Å². The lowest BCUT2D eigenvalue weighted by atomic mass is 10.0. The minimum Gasteiger partial charge on any atom is -0.439 e. The van der Waals surface area contributed by atoms with Crippen LogP contribution in [-0.4, -0.2) is 10.1 Å². The van der Waals surface area contributed by atoms with Gasteiger partial charge in [0.1, 0.15) is 5.75 Å². The number of hydrogen-bond donors (Lipinski definition) is 1. The molecule has 0 saturated heterocycles. The second-order valence-corrected chi connectivity index (χ2v) is 6.00. The molecule has 1 aromatic heterocycles. The average molecular weight is 357 g/mol. The molecule has 0 aliphatic carbocycles. The Morgan fingerprint density at radius 2 is 2.05 bits per heavy atom. The molecule has 0 bridgehead atoms. The van der Waals surface area contributed by atoms with Crippen LogP contribution in [0.5, 0.6) is 11.6 Å². The molecule has 1 heterocycles. The zero-order valence-electron chi connectivity index (χ0n) is 11.2. The van der Waals surface area contributed by atoms with Crippen molar-refractivity contribution in [3.63, 3.8) is 0 Å². The van der Waals surface area contributed by atoms with E-state index in [1.165, 1.54) is 0 Å². The number of rotatable bonds is 4. The summed E-state index contributed by atoms with van der Waals surface area (Å²) < 4.78 is 6.83. The van der Waals surface area contributed by atoms with Gasteiger partial charge in [-0.05, 0) is 35.7 Å². The lowest BCUT2D eigenvalue weighted by molar-refractivity contribution is 0.275. The average Bonchev–Trinajstić information content (AvgIpc) is 2.42. The normalized spacial score (nSPS) is 10.9. The molecule has 3 nitrogen and oxygen atoms in total. The summed E-state index contributed by atoms with van der Waals surface area (Å²) in [5.74, 6) is 1.50. The fourth-order valence-corrected chi connectivity index (χ4v) is 2.35. The van der Waals surface area contributed by atoms with Crippen LogP contribution in [0.4, 0.5) is 0 Å². The summed E-state index contributed by atoms with van der Waals surface area (Å²) in [6.45, 7) is 3.99. The fourth-order valence-electron chi connectivity index (χ4n) is 1.81. The predicted octanol–water partition coefficient (Wildman–Crippen LogP) is 4.91. The van der Waals surface area contributed by atoms with Crippen molar-refractivity contribution < 1.29 is 9.84 Å². The lowest BCUT2D eigenvalue weighted by Gasteiger charge is -2.14. The van der Waals surface area contributed by atoms with Gasteiger partial charge in [-0.25, -0.2) is 4.98 Å². The first kappa shape index (κ1) is 15.3. The molecule has 0 aliphatic heterocycles. The summed E-state index contributed by atoms with van der Waals surface area (Å²) in [4.78, 5) is 4.19. The molecule has 0 spiro atoms. The quantitative estimate of drug-likeness (QED) is 0.846. The molecular formula is C15H15BrClNO2. The molecule has 106 valence electrons. The molecule has 0 saturated carbocycles. The minimum atomic E-state index is -0.215. The van der Waals surface area contributed by atoms with Gasteiger partial charge in [-0.15, -0.1) is 0 Å². The Labute approximate surface area is 131 Å². The van der Waals surface area contributed by atoms with Gasteiger partial charge in [-0.1, -0.05) is 41.4 Å². The summed E-state index contributed by atoms with van der Waals surface area (Å²) in [5, 5.41) is 9.61. The van der Waals surface area contributed by atoms with Crippen LogP contribution >= 0.6 is 27.5 Å². The molecule has 2 rings (SSSR count). The second-order valence-electron chi connectivity index (χ2n) is 4.68. The molecule has 0 radical (unpaired) electrons. The maximum absolute atomic E-state index is 9.18. The summed E-state index contributed by atoms with van der Waals surface area (Å²) in [6, 6.07) is 9.21. The zero-order valence-corrected chi connectivity index (χ0v) is 13.6. The molecule has 20 heavy (non-hydrogen) atoms. The molecular weight excluding hydrogens is 342 g/mol. The van der Waals surface area contributed by atoms with Crippen LogP contribution in [0.1, 0.15) is 31.0 Å². The van der Waals surface area contributed by atoms with E-state index in [4.69, 9.17) is 16.3 Å². The monoisotopic (exact) mass is 355 g/mol. The molecule has 0 unspecified atom stereocenters. The van der Waals surface area contributed by atoms with Gasteiger partial charge in [0.15, 0.2) is 0 Å². The maximum atomic E-state index is 9.18. The number of ether oxygens (including phenoxy) is 1. The summed E-state index contributed by atoms with van der Waals surface area (Å²) in [5.41, 5.74) is 1.49. The number of halogens is 2. The topological polar surface area (TPSA) is 42.4 Å². The van der Waals surface area contributed by atoms with Gasteiger partial charge >= 0.3 is 0 Å². The van der Waals surface area contributed by atoms with E-state index in [9.17, 15) is 5.11 Å². The van der Waals surface area contributed by atoms with Gasteiger partial charge in [0.2, 0.25) is 5.88 Å². The Balaban J connectivity index is 2.34. The van der Waals surface area contributed by atoms with Crippen molar-refractivity contribution in [2.24, 2.45) is 0 Å². The standard InChI is InChI=1S/C15H15BrClNO2/c1-9(2)11-7-10(16)3-5-14(11)20-15-6-4-12(17)13(8-19)18-15/h3-7,9,19H,8H2,1-2H3. The Morgan fingerprint density at radius 3 is 2.70 bits per heavy atom. The van der Waals surface area contributed by atoms with Gasteiger partial charge in [-0.2, -0.15) is 0 Å². The van der Waals surface area contributed by atoms with Crippen molar-refractivity contribution in [3.8, 4) is 11.6 Å². The Hall–Kier alpha value is -1.10. The third-order valence-electron chi connectivity index (χ3n) is 2.85. The minimum absolute atomic E-state index is 0.215. The maximum Gasteiger partial charge on any atom is 0.219 e. The Kier molecular flexibility index (Phi) is 5.02. The Morgan fingerprint density at radius 1 is 1.30 bits per heavy atom. The molecule has 1 N–H and O–H groups in total. The third-order valence-corrected chi connectivity index (χ3v) is 3.69. The zero-order chi connectivity index (χ0) is 14.7. The van der Waals surface area contributed by atoms with Crippen LogP contribution in [0.3, 0.4) is 0 Å². The van der Waals surface area contributed by atoms with Crippen molar-refractivity contribution in [1.29, 1.82) is 0 Å². The first-order valence-corrected chi connectivity index (χ1v) is 7.42. The van der Waals surface area contributed by atoms with Crippen LogP contribution in [0.25, 0.3) is 0 Å².